The third-order valence-corrected chi connectivity index (χ3v) is 14.3. The van der Waals surface area contributed by atoms with E-state index < -0.39 is 0 Å². The van der Waals surface area contributed by atoms with E-state index in [-0.39, 0.29) is 0 Å². The molecule has 0 atom stereocenters. The second-order valence-electron chi connectivity index (χ2n) is 17.2. The van der Waals surface area contributed by atoms with Crippen LogP contribution in [0.5, 0.6) is 0 Å². The first kappa shape index (κ1) is 37.1. The van der Waals surface area contributed by atoms with E-state index in [2.05, 4.69) is 174 Å². The highest BCUT2D eigenvalue weighted by molar-refractivity contribution is 8.03. The Bertz CT molecular complexity index is 2760. The maximum absolute atomic E-state index is 2.54. The average molecular weight is 791 g/mol. The lowest BCUT2D eigenvalue weighted by Crippen LogP contribution is -2.39. The fraction of sp³-hybridized carbons (Fsp3) is 0.222. The van der Waals surface area contributed by atoms with E-state index >= 15 is 0 Å². The van der Waals surface area contributed by atoms with Crippen LogP contribution in [-0.4, -0.2) is 0 Å². The maximum atomic E-state index is 2.54. The Kier molecular flexibility index (Phi) is 9.15. The second-order valence-corrected chi connectivity index (χ2v) is 19.4. The molecule has 4 aliphatic rings. The summed E-state index contributed by atoms with van der Waals surface area (Å²) in [6.07, 6.45) is 6.76. The molecule has 2 aliphatic carbocycles. The molecular weight excluding hydrogens is 741 g/mol. The van der Waals surface area contributed by atoms with Gasteiger partial charge in [-0.25, -0.2) is 0 Å². The summed E-state index contributed by atoms with van der Waals surface area (Å²) in [6.45, 7) is 17.7. The largest absolute Gasteiger partial charge is 0.314 e. The van der Waals surface area contributed by atoms with E-state index in [1.165, 1.54) is 120 Å². The van der Waals surface area contributed by atoms with Crippen molar-refractivity contribution in [2.75, 3.05) is 9.80 Å². The third-order valence-electron chi connectivity index (χ3n) is 12.1. The Morgan fingerprint density at radius 1 is 0.362 bits per heavy atom. The smallest absolute Gasteiger partial charge is 0.0473 e. The van der Waals surface area contributed by atoms with Crippen LogP contribution < -0.4 is 20.2 Å². The second kappa shape index (κ2) is 14.3. The number of aryl methyl sites for hydroxylation is 8. The normalized spacial score (nSPS) is 15.1. The summed E-state index contributed by atoms with van der Waals surface area (Å²) >= 11 is 3.95. The zero-order valence-corrected chi connectivity index (χ0v) is 36.6. The van der Waals surface area contributed by atoms with Crippen LogP contribution in [0.4, 0.5) is 28.4 Å². The topological polar surface area (TPSA) is 6.48 Å². The molecule has 0 saturated carbocycles. The Hall–Kier alpha value is -5.16. The summed E-state index contributed by atoms with van der Waals surface area (Å²) in [7, 11) is 0. The molecule has 6 aromatic carbocycles. The molecule has 0 fully saturated rings. The first-order valence-electron chi connectivity index (χ1n) is 20.7. The van der Waals surface area contributed by atoms with Crippen molar-refractivity contribution in [3.63, 3.8) is 0 Å². The van der Waals surface area contributed by atoms with Gasteiger partial charge < -0.3 is 9.80 Å². The molecule has 10 rings (SSSR count). The number of hydrogen-bond acceptors (Lipinski definition) is 4. The van der Waals surface area contributed by atoms with Crippen LogP contribution in [0.25, 0.3) is 11.1 Å². The van der Waals surface area contributed by atoms with Gasteiger partial charge in [0, 0.05) is 64.2 Å². The van der Waals surface area contributed by atoms with Gasteiger partial charge in [-0.15, -0.1) is 0 Å². The zero-order valence-electron chi connectivity index (χ0n) is 34.9. The van der Waals surface area contributed by atoms with E-state index in [0.29, 0.717) is 0 Å². The zero-order chi connectivity index (χ0) is 40.0. The summed E-state index contributed by atoms with van der Waals surface area (Å²) < 4.78 is 0. The molecule has 0 radical (unpaired) electrons. The van der Waals surface area contributed by atoms with Crippen LogP contribution in [0.1, 0.15) is 75.8 Å². The number of thioether (sulfide) groups is 1. The maximum Gasteiger partial charge on any atom is 0.0473 e. The summed E-state index contributed by atoms with van der Waals surface area (Å²) in [5.74, 6) is 0. The summed E-state index contributed by atoms with van der Waals surface area (Å²) in [6, 6.07) is 39.8. The molecule has 0 spiro atoms. The molecule has 2 nitrogen and oxygen atoms in total. The molecule has 0 unspecified atom stereocenters. The lowest BCUT2D eigenvalue weighted by atomic mass is 9.83. The number of nitrogens with zero attached hydrogens (tertiary/aromatic N) is 2. The SMILES string of the molecule is Cc1cc(C)cc(N(C2=CC3=C(CC2)C2=c4c(ccc5c4=C(CC2)c2ccc(N(c4cc(C)cc(C)c4)c4cc(C)cc(C)c4)cc2S5)S3)c2cc(C)cc(C)c2)c1. The molecule has 2 heterocycles. The van der Waals surface area contributed by atoms with Crippen molar-refractivity contribution in [3.05, 3.63) is 186 Å². The van der Waals surface area contributed by atoms with Gasteiger partial charge in [0.25, 0.3) is 0 Å². The molecule has 4 heteroatoms. The Morgan fingerprint density at radius 2 is 0.793 bits per heavy atom. The van der Waals surface area contributed by atoms with Crippen LogP contribution in [0, 0.1) is 55.4 Å². The van der Waals surface area contributed by atoms with Crippen molar-refractivity contribution >= 4 is 63.1 Å². The predicted molar refractivity (Wildman–Crippen MR) is 249 cm³/mol. The van der Waals surface area contributed by atoms with Gasteiger partial charge in [-0.2, -0.15) is 0 Å². The van der Waals surface area contributed by atoms with E-state index in [4.69, 9.17) is 0 Å². The van der Waals surface area contributed by atoms with Gasteiger partial charge in [0.15, 0.2) is 0 Å². The van der Waals surface area contributed by atoms with E-state index in [9.17, 15) is 0 Å². The van der Waals surface area contributed by atoms with Crippen LogP contribution >= 0.6 is 23.5 Å². The van der Waals surface area contributed by atoms with Crippen LogP contribution in [-0.2, 0) is 0 Å². The molecule has 0 amide bonds. The standard InChI is InChI=1S/C54H50N2S2/c1-31-17-32(2)22-41(21-31)55(42-23-33(3)18-34(4)24-42)39-9-11-45-47-13-14-48-46-12-10-40(30-52(46)58-50-16-15-49(53(47)54(48)50)57-51(45)29-39)56(43-25-35(5)19-36(6)26-43)44-27-37(7)20-38(8)28-44/h9,11,15-30H,10,12-14H2,1-8H3. The number of hydrogen-bond donors (Lipinski definition) is 0. The van der Waals surface area contributed by atoms with Gasteiger partial charge in [-0.1, -0.05) is 53.9 Å². The molecule has 0 saturated heterocycles. The Labute approximate surface area is 352 Å². The Balaban J connectivity index is 1.09. The van der Waals surface area contributed by atoms with Crippen molar-refractivity contribution in [1.82, 2.24) is 0 Å². The van der Waals surface area contributed by atoms with Gasteiger partial charge in [0.1, 0.15) is 0 Å². The quantitative estimate of drug-likeness (QED) is 0.166. The first-order valence-corrected chi connectivity index (χ1v) is 22.4. The average Bonchev–Trinajstić information content (AvgIpc) is 3.15. The first-order chi connectivity index (χ1) is 27.9. The van der Waals surface area contributed by atoms with Gasteiger partial charge >= 0.3 is 0 Å². The molecular formula is C54H50N2S2. The van der Waals surface area contributed by atoms with Crippen LogP contribution in [0.2, 0.25) is 0 Å². The number of fused-ring (bicyclic) bond motifs is 3. The predicted octanol–water partition coefficient (Wildman–Crippen LogP) is 14.1. The van der Waals surface area contributed by atoms with E-state index in [1.807, 2.05) is 23.5 Å². The van der Waals surface area contributed by atoms with Crippen LogP contribution in [0.3, 0.4) is 0 Å². The fourth-order valence-electron chi connectivity index (χ4n) is 10.1. The molecule has 288 valence electrons. The molecule has 0 aromatic heterocycles. The summed E-state index contributed by atoms with van der Waals surface area (Å²) in [4.78, 5) is 10.6. The number of anilines is 5. The number of benzene rings is 6. The van der Waals surface area contributed by atoms with Crippen molar-refractivity contribution < 1.29 is 0 Å². The van der Waals surface area contributed by atoms with Crippen molar-refractivity contribution in [2.45, 2.75) is 95.8 Å². The minimum atomic E-state index is 1.02. The van der Waals surface area contributed by atoms with E-state index in [0.717, 1.165) is 25.7 Å². The van der Waals surface area contributed by atoms with Gasteiger partial charge in [-0.05, 0) is 227 Å². The van der Waals surface area contributed by atoms with Gasteiger partial charge in [0.2, 0.25) is 0 Å². The van der Waals surface area contributed by atoms with Gasteiger partial charge in [0.05, 0.1) is 0 Å². The highest BCUT2D eigenvalue weighted by Gasteiger charge is 2.32. The fourth-order valence-corrected chi connectivity index (χ4v) is 12.6. The van der Waals surface area contributed by atoms with E-state index in [1.54, 1.807) is 11.1 Å². The minimum Gasteiger partial charge on any atom is -0.314 e. The number of rotatable bonds is 6. The molecule has 58 heavy (non-hydrogen) atoms. The highest BCUT2D eigenvalue weighted by atomic mass is 32.2. The van der Waals surface area contributed by atoms with Crippen LogP contribution in [0.15, 0.2) is 140 Å². The monoisotopic (exact) mass is 790 g/mol. The molecule has 0 N–H and O–H groups in total. The summed E-state index contributed by atoms with van der Waals surface area (Å²) in [5.41, 5.74) is 23.9. The van der Waals surface area contributed by atoms with Crippen molar-refractivity contribution in [2.24, 2.45) is 0 Å². The Morgan fingerprint density at radius 3 is 1.31 bits per heavy atom. The van der Waals surface area contributed by atoms with Crippen molar-refractivity contribution in [3.8, 4) is 0 Å². The lowest BCUT2D eigenvalue weighted by Gasteiger charge is -2.35. The van der Waals surface area contributed by atoms with Crippen molar-refractivity contribution in [1.29, 1.82) is 0 Å². The highest BCUT2D eigenvalue weighted by Crippen LogP contribution is 2.49. The summed E-state index contributed by atoms with van der Waals surface area (Å²) in [5, 5.41) is 3.00. The molecule has 0 bridgehead atoms. The molecule has 2 aliphatic heterocycles. The minimum absolute atomic E-state index is 1.02. The third kappa shape index (κ3) is 6.55. The van der Waals surface area contributed by atoms with Gasteiger partial charge in [-0.3, -0.25) is 0 Å². The number of allylic oxidation sites excluding steroid dienone is 3. The molecule has 6 aromatic rings. The lowest BCUT2D eigenvalue weighted by molar-refractivity contribution is 0.868.